The molecule has 1 aliphatic rings. The van der Waals surface area contributed by atoms with Crippen molar-refractivity contribution in [1.82, 2.24) is 4.31 Å². The van der Waals surface area contributed by atoms with E-state index in [9.17, 15) is 13.5 Å². The van der Waals surface area contributed by atoms with Crippen molar-refractivity contribution in [2.24, 2.45) is 5.92 Å². The first-order valence-corrected chi connectivity index (χ1v) is 7.82. The number of aliphatic hydroxyl groups is 1. The SMILES string of the molecule is CN(CC1CC(O)C1)S(=O)(=O)c1c(N)cccc1Cl. The maximum atomic E-state index is 12.4. The lowest BCUT2D eigenvalue weighted by molar-refractivity contribution is 0.0367. The van der Waals surface area contributed by atoms with Gasteiger partial charge in [0.15, 0.2) is 0 Å². The van der Waals surface area contributed by atoms with E-state index in [2.05, 4.69) is 0 Å². The Morgan fingerprint density at radius 2 is 2.11 bits per heavy atom. The molecule has 3 N–H and O–H groups in total. The zero-order chi connectivity index (χ0) is 14.2. The third kappa shape index (κ3) is 2.86. The van der Waals surface area contributed by atoms with Gasteiger partial charge in [-0.3, -0.25) is 0 Å². The van der Waals surface area contributed by atoms with Crippen LogP contribution in [-0.4, -0.2) is 37.5 Å². The lowest BCUT2D eigenvalue weighted by Gasteiger charge is -2.34. The largest absolute Gasteiger partial charge is 0.398 e. The highest BCUT2D eigenvalue weighted by Gasteiger charge is 2.33. The summed E-state index contributed by atoms with van der Waals surface area (Å²) in [6.07, 6.45) is 0.974. The van der Waals surface area contributed by atoms with Gasteiger partial charge in [-0.05, 0) is 30.9 Å². The van der Waals surface area contributed by atoms with Crippen LogP contribution in [0, 0.1) is 5.92 Å². The highest BCUT2D eigenvalue weighted by molar-refractivity contribution is 7.89. The Morgan fingerprint density at radius 3 is 2.63 bits per heavy atom. The quantitative estimate of drug-likeness (QED) is 0.822. The predicted molar refractivity (Wildman–Crippen MR) is 74.4 cm³/mol. The first-order chi connectivity index (χ1) is 8.82. The van der Waals surface area contributed by atoms with Crippen LogP contribution in [0.3, 0.4) is 0 Å². The molecular weight excluding hydrogens is 288 g/mol. The number of sulfonamides is 1. The van der Waals surface area contributed by atoms with Gasteiger partial charge in [-0.15, -0.1) is 0 Å². The van der Waals surface area contributed by atoms with E-state index in [0.717, 1.165) is 0 Å². The van der Waals surface area contributed by atoms with Crippen LogP contribution in [0.1, 0.15) is 12.8 Å². The Balaban J connectivity index is 2.22. The number of halogens is 1. The van der Waals surface area contributed by atoms with Gasteiger partial charge in [-0.1, -0.05) is 17.7 Å². The predicted octanol–water partition coefficient (Wildman–Crippen LogP) is 1.31. The summed E-state index contributed by atoms with van der Waals surface area (Å²) in [5.74, 6) is 0.193. The van der Waals surface area contributed by atoms with Crippen molar-refractivity contribution in [3.63, 3.8) is 0 Å². The zero-order valence-corrected chi connectivity index (χ0v) is 12.2. The number of hydrogen-bond donors (Lipinski definition) is 2. The first-order valence-electron chi connectivity index (χ1n) is 6.00. The van der Waals surface area contributed by atoms with Crippen LogP contribution in [0.4, 0.5) is 5.69 Å². The van der Waals surface area contributed by atoms with Gasteiger partial charge in [0.2, 0.25) is 10.0 Å². The van der Waals surface area contributed by atoms with Gasteiger partial charge >= 0.3 is 0 Å². The number of nitrogen functional groups attached to an aromatic ring is 1. The van der Waals surface area contributed by atoms with E-state index < -0.39 is 10.0 Å². The number of nitrogens with zero attached hydrogens (tertiary/aromatic N) is 1. The Hall–Kier alpha value is -0.820. The zero-order valence-electron chi connectivity index (χ0n) is 10.6. The third-order valence-electron chi connectivity index (χ3n) is 3.39. The minimum Gasteiger partial charge on any atom is -0.398 e. The van der Waals surface area contributed by atoms with Crippen LogP contribution in [0.2, 0.25) is 5.02 Å². The minimum absolute atomic E-state index is 0.0426. The molecule has 0 saturated heterocycles. The molecule has 0 heterocycles. The topological polar surface area (TPSA) is 83.6 Å². The van der Waals surface area contributed by atoms with Gasteiger partial charge in [0.05, 0.1) is 16.8 Å². The molecule has 1 saturated carbocycles. The van der Waals surface area contributed by atoms with Crippen LogP contribution >= 0.6 is 11.6 Å². The molecule has 0 unspecified atom stereocenters. The third-order valence-corrected chi connectivity index (χ3v) is 5.76. The number of nitrogens with two attached hydrogens (primary N) is 1. The second kappa shape index (κ2) is 5.28. The summed E-state index contributed by atoms with van der Waals surface area (Å²) >= 11 is 5.94. The Labute approximate surface area is 118 Å². The van der Waals surface area contributed by atoms with Crippen molar-refractivity contribution >= 4 is 27.3 Å². The molecule has 1 aromatic carbocycles. The first kappa shape index (κ1) is 14.6. The summed E-state index contributed by atoms with van der Waals surface area (Å²) in [5, 5.41) is 9.36. The van der Waals surface area contributed by atoms with E-state index in [1.54, 1.807) is 6.07 Å². The second-order valence-electron chi connectivity index (χ2n) is 4.93. The standard InChI is InChI=1S/C12H17ClN2O3S/c1-15(7-8-5-9(16)6-8)19(17,18)12-10(13)3-2-4-11(12)14/h2-4,8-9,16H,5-7,14H2,1H3. The summed E-state index contributed by atoms with van der Waals surface area (Å²) < 4.78 is 26.1. The van der Waals surface area contributed by atoms with E-state index in [0.29, 0.717) is 19.4 Å². The number of benzene rings is 1. The average Bonchev–Trinajstić information content (AvgIpc) is 2.26. The highest BCUT2D eigenvalue weighted by Crippen LogP contribution is 2.32. The molecule has 1 aliphatic carbocycles. The minimum atomic E-state index is -3.69. The summed E-state index contributed by atoms with van der Waals surface area (Å²) in [5.41, 5.74) is 5.86. The number of hydrogen-bond acceptors (Lipinski definition) is 4. The fourth-order valence-electron chi connectivity index (χ4n) is 2.26. The normalized spacial score (nSPS) is 23.4. The molecule has 1 aromatic rings. The molecule has 19 heavy (non-hydrogen) atoms. The van der Waals surface area contributed by atoms with Crippen molar-refractivity contribution in [2.75, 3.05) is 19.3 Å². The fraction of sp³-hybridized carbons (Fsp3) is 0.500. The number of anilines is 1. The van der Waals surface area contributed by atoms with Crippen molar-refractivity contribution < 1.29 is 13.5 Å². The summed E-state index contributed by atoms with van der Waals surface area (Å²) in [6.45, 7) is 0.365. The van der Waals surface area contributed by atoms with Gasteiger partial charge in [0.25, 0.3) is 0 Å². The maximum absolute atomic E-state index is 12.4. The molecule has 0 radical (unpaired) electrons. The number of aliphatic hydroxyl groups excluding tert-OH is 1. The van der Waals surface area contributed by atoms with Gasteiger partial charge in [0.1, 0.15) is 4.90 Å². The van der Waals surface area contributed by atoms with Gasteiger partial charge in [-0.25, -0.2) is 12.7 Å². The van der Waals surface area contributed by atoms with Crippen molar-refractivity contribution in [2.45, 2.75) is 23.8 Å². The van der Waals surface area contributed by atoms with E-state index in [-0.39, 0.29) is 27.6 Å². The molecule has 0 atom stereocenters. The van der Waals surface area contributed by atoms with Gasteiger partial charge in [-0.2, -0.15) is 0 Å². The van der Waals surface area contributed by atoms with Crippen molar-refractivity contribution in [3.8, 4) is 0 Å². The molecule has 0 aromatic heterocycles. The molecule has 0 bridgehead atoms. The molecule has 0 spiro atoms. The summed E-state index contributed by atoms with van der Waals surface area (Å²) in [4.78, 5) is -0.0426. The summed E-state index contributed by atoms with van der Waals surface area (Å²) in [7, 11) is -2.19. The van der Waals surface area contributed by atoms with E-state index in [4.69, 9.17) is 17.3 Å². The summed E-state index contributed by atoms with van der Waals surface area (Å²) in [6, 6.07) is 4.63. The van der Waals surface area contributed by atoms with Crippen LogP contribution in [-0.2, 0) is 10.0 Å². The van der Waals surface area contributed by atoms with Crippen LogP contribution in [0.25, 0.3) is 0 Å². The van der Waals surface area contributed by atoms with Gasteiger partial charge < -0.3 is 10.8 Å². The molecule has 7 heteroatoms. The van der Waals surface area contributed by atoms with Crippen LogP contribution < -0.4 is 5.73 Å². The molecule has 5 nitrogen and oxygen atoms in total. The smallest absolute Gasteiger partial charge is 0.246 e. The maximum Gasteiger partial charge on any atom is 0.246 e. The van der Waals surface area contributed by atoms with Crippen LogP contribution in [0.15, 0.2) is 23.1 Å². The van der Waals surface area contributed by atoms with Gasteiger partial charge in [0, 0.05) is 13.6 Å². The highest BCUT2D eigenvalue weighted by atomic mass is 35.5. The molecule has 106 valence electrons. The molecule has 0 amide bonds. The molecule has 2 rings (SSSR count). The van der Waals surface area contributed by atoms with E-state index in [1.165, 1.54) is 23.5 Å². The molecular formula is C12H17ClN2O3S. The molecule has 1 fully saturated rings. The second-order valence-corrected chi connectivity index (χ2v) is 7.32. The van der Waals surface area contributed by atoms with Crippen molar-refractivity contribution in [1.29, 1.82) is 0 Å². The van der Waals surface area contributed by atoms with E-state index in [1.807, 2.05) is 0 Å². The lowest BCUT2D eigenvalue weighted by Crippen LogP contribution is -2.39. The Morgan fingerprint density at radius 1 is 1.47 bits per heavy atom. The molecule has 0 aliphatic heterocycles. The monoisotopic (exact) mass is 304 g/mol. The van der Waals surface area contributed by atoms with E-state index >= 15 is 0 Å². The van der Waals surface area contributed by atoms with Crippen molar-refractivity contribution in [3.05, 3.63) is 23.2 Å². The van der Waals surface area contributed by atoms with Crippen LogP contribution in [0.5, 0.6) is 0 Å². The number of rotatable bonds is 4. The Kier molecular flexibility index (Phi) is 4.06. The Bertz CT molecular complexity index is 550. The fourth-order valence-corrected chi connectivity index (χ4v) is 4.14. The lowest BCUT2D eigenvalue weighted by atomic mass is 9.82. The average molecular weight is 305 g/mol.